The van der Waals surface area contributed by atoms with Gasteiger partial charge in [0.15, 0.2) is 0 Å². The largest absolute Gasteiger partial charge is 0.496 e. The molecule has 1 aromatic carbocycles. The zero-order valence-electron chi connectivity index (χ0n) is 12.0. The van der Waals surface area contributed by atoms with E-state index in [1.807, 2.05) is 24.0 Å². The van der Waals surface area contributed by atoms with Crippen molar-refractivity contribution in [2.45, 2.75) is 19.9 Å². The molecule has 4 heteroatoms. The molecule has 1 N–H and O–H groups in total. The van der Waals surface area contributed by atoms with Crippen LogP contribution in [0.1, 0.15) is 29.9 Å². The molecule has 1 atom stereocenters. The molecular formula is C15H21N3O. The van der Waals surface area contributed by atoms with Crippen molar-refractivity contribution >= 4 is 0 Å². The fourth-order valence-electron chi connectivity index (χ4n) is 2.26. The molecule has 0 fully saturated rings. The van der Waals surface area contributed by atoms with Crippen molar-refractivity contribution < 1.29 is 4.74 Å². The Bertz CT molecular complexity index is 548. The summed E-state index contributed by atoms with van der Waals surface area (Å²) in [5, 5.41) is 3.47. The summed E-state index contributed by atoms with van der Waals surface area (Å²) < 4.78 is 7.55. The molecule has 2 rings (SSSR count). The SMILES string of the molecule is CCNC(c1ccc(C)cc1OC)c1nccn1C. The van der Waals surface area contributed by atoms with Crippen LogP contribution in [0.4, 0.5) is 0 Å². The molecule has 0 radical (unpaired) electrons. The van der Waals surface area contributed by atoms with E-state index < -0.39 is 0 Å². The van der Waals surface area contributed by atoms with Gasteiger partial charge in [-0.05, 0) is 25.1 Å². The van der Waals surface area contributed by atoms with E-state index in [-0.39, 0.29) is 6.04 Å². The molecule has 0 aliphatic rings. The molecular weight excluding hydrogens is 238 g/mol. The van der Waals surface area contributed by atoms with Gasteiger partial charge in [0.25, 0.3) is 0 Å². The number of nitrogens with one attached hydrogen (secondary N) is 1. The van der Waals surface area contributed by atoms with E-state index in [0.717, 1.165) is 23.7 Å². The molecule has 19 heavy (non-hydrogen) atoms. The van der Waals surface area contributed by atoms with Crippen LogP contribution in [-0.2, 0) is 7.05 Å². The third-order valence-corrected chi connectivity index (χ3v) is 3.22. The molecule has 0 aliphatic heterocycles. The third-order valence-electron chi connectivity index (χ3n) is 3.22. The molecule has 102 valence electrons. The average Bonchev–Trinajstić information content (AvgIpc) is 2.82. The number of hydrogen-bond acceptors (Lipinski definition) is 3. The molecule has 1 heterocycles. The highest BCUT2D eigenvalue weighted by Gasteiger charge is 2.20. The Morgan fingerprint density at radius 3 is 2.79 bits per heavy atom. The highest BCUT2D eigenvalue weighted by atomic mass is 16.5. The van der Waals surface area contributed by atoms with E-state index in [9.17, 15) is 0 Å². The minimum absolute atomic E-state index is 0.0422. The molecule has 4 nitrogen and oxygen atoms in total. The molecule has 2 aromatic rings. The van der Waals surface area contributed by atoms with Crippen LogP contribution < -0.4 is 10.1 Å². The number of aryl methyl sites for hydroxylation is 2. The van der Waals surface area contributed by atoms with Gasteiger partial charge in [-0.3, -0.25) is 0 Å². The minimum atomic E-state index is 0.0422. The third kappa shape index (κ3) is 2.79. The van der Waals surface area contributed by atoms with Crippen molar-refractivity contribution in [2.24, 2.45) is 7.05 Å². The van der Waals surface area contributed by atoms with Crippen molar-refractivity contribution in [1.29, 1.82) is 0 Å². The highest BCUT2D eigenvalue weighted by molar-refractivity contribution is 5.41. The normalized spacial score (nSPS) is 12.4. The van der Waals surface area contributed by atoms with Crippen LogP contribution >= 0.6 is 0 Å². The van der Waals surface area contributed by atoms with Crippen LogP contribution in [0.25, 0.3) is 0 Å². The van der Waals surface area contributed by atoms with Gasteiger partial charge in [-0.25, -0.2) is 4.98 Å². The van der Waals surface area contributed by atoms with Gasteiger partial charge in [-0.2, -0.15) is 0 Å². The Morgan fingerprint density at radius 1 is 1.42 bits per heavy atom. The maximum atomic E-state index is 5.51. The van der Waals surface area contributed by atoms with Gasteiger partial charge >= 0.3 is 0 Å². The summed E-state index contributed by atoms with van der Waals surface area (Å²) in [4.78, 5) is 4.45. The average molecular weight is 259 g/mol. The summed E-state index contributed by atoms with van der Waals surface area (Å²) >= 11 is 0. The predicted molar refractivity (Wildman–Crippen MR) is 76.5 cm³/mol. The number of benzene rings is 1. The Kier molecular flexibility index (Phi) is 4.22. The number of hydrogen-bond donors (Lipinski definition) is 1. The van der Waals surface area contributed by atoms with E-state index in [0.29, 0.717) is 0 Å². The first kappa shape index (κ1) is 13.6. The zero-order chi connectivity index (χ0) is 13.8. The molecule has 0 bridgehead atoms. The second-order valence-electron chi connectivity index (χ2n) is 4.63. The van der Waals surface area contributed by atoms with Gasteiger partial charge < -0.3 is 14.6 Å². The van der Waals surface area contributed by atoms with Gasteiger partial charge in [0.2, 0.25) is 0 Å². The fraction of sp³-hybridized carbons (Fsp3) is 0.400. The topological polar surface area (TPSA) is 39.1 Å². The van der Waals surface area contributed by atoms with E-state index in [4.69, 9.17) is 4.74 Å². The first-order chi connectivity index (χ1) is 9.17. The van der Waals surface area contributed by atoms with Gasteiger partial charge in [0.1, 0.15) is 11.6 Å². The van der Waals surface area contributed by atoms with Crippen LogP contribution in [0.2, 0.25) is 0 Å². The molecule has 1 aromatic heterocycles. The molecule has 0 saturated carbocycles. The van der Waals surface area contributed by atoms with E-state index in [2.05, 4.69) is 42.3 Å². The fourth-order valence-corrected chi connectivity index (χ4v) is 2.26. The summed E-state index contributed by atoms with van der Waals surface area (Å²) in [7, 11) is 3.72. The maximum absolute atomic E-state index is 5.51. The predicted octanol–water partition coefficient (Wildman–Crippen LogP) is 2.44. The number of methoxy groups -OCH3 is 1. The summed E-state index contributed by atoms with van der Waals surface area (Å²) in [5.74, 6) is 1.89. The standard InChI is InChI=1S/C15H21N3O/c1-5-16-14(15-17-8-9-18(15)3)12-7-6-11(2)10-13(12)19-4/h6-10,14,16H,5H2,1-4H3. The molecule has 0 saturated heterocycles. The first-order valence-electron chi connectivity index (χ1n) is 6.52. The van der Waals surface area contributed by atoms with Crippen LogP contribution in [0, 0.1) is 6.92 Å². The molecule has 0 spiro atoms. The lowest BCUT2D eigenvalue weighted by molar-refractivity contribution is 0.402. The number of imidazole rings is 1. The van der Waals surface area contributed by atoms with Gasteiger partial charge in [0, 0.05) is 25.0 Å². The number of rotatable bonds is 5. The second kappa shape index (κ2) is 5.89. The smallest absolute Gasteiger partial charge is 0.130 e. The van der Waals surface area contributed by atoms with E-state index >= 15 is 0 Å². The summed E-state index contributed by atoms with van der Waals surface area (Å²) in [6.07, 6.45) is 3.78. The summed E-state index contributed by atoms with van der Waals surface area (Å²) in [6, 6.07) is 6.31. The van der Waals surface area contributed by atoms with Gasteiger partial charge in [-0.1, -0.05) is 19.1 Å². The lowest BCUT2D eigenvalue weighted by atomic mass is 10.0. The molecule has 1 unspecified atom stereocenters. The first-order valence-corrected chi connectivity index (χ1v) is 6.52. The Hall–Kier alpha value is -1.81. The number of ether oxygens (including phenoxy) is 1. The monoisotopic (exact) mass is 259 g/mol. The molecule has 0 amide bonds. The quantitative estimate of drug-likeness (QED) is 0.896. The van der Waals surface area contributed by atoms with E-state index in [1.165, 1.54) is 5.56 Å². The Labute approximate surface area is 114 Å². The van der Waals surface area contributed by atoms with Crippen molar-refractivity contribution in [1.82, 2.24) is 14.9 Å². The van der Waals surface area contributed by atoms with Crippen LogP contribution in [0.3, 0.4) is 0 Å². The summed E-state index contributed by atoms with van der Waals surface area (Å²) in [6.45, 7) is 5.03. The number of nitrogens with zero attached hydrogens (tertiary/aromatic N) is 2. The van der Waals surface area contributed by atoms with Crippen molar-refractivity contribution in [3.05, 3.63) is 47.5 Å². The Balaban J connectivity index is 2.48. The second-order valence-corrected chi connectivity index (χ2v) is 4.63. The van der Waals surface area contributed by atoms with Crippen LogP contribution in [-0.4, -0.2) is 23.2 Å². The Morgan fingerprint density at radius 2 is 2.21 bits per heavy atom. The van der Waals surface area contributed by atoms with Crippen LogP contribution in [0.5, 0.6) is 5.75 Å². The van der Waals surface area contributed by atoms with Gasteiger partial charge in [0.05, 0.1) is 13.2 Å². The molecule has 0 aliphatic carbocycles. The minimum Gasteiger partial charge on any atom is -0.496 e. The number of aromatic nitrogens is 2. The lowest BCUT2D eigenvalue weighted by Crippen LogP contribution is -2.25. The zero-order valence-corrected chi connectivity index (χ0v) is 12.0. The van der Waals surface area contributed by atoms with Crippen molar-refractivity contribution in [2.75, 3.05) is 13.7 Å². The van der Waals surface area contributed by atoms with Crippen molar-refractivity contribution in [3.63, 3.8) is 0 Å². The van der Waals surface area contributed by atoms with Crippen LogP contribution in [0.15, 0.2) is 30.6 Å². The van der Waals surface area contributed by atoms with E-state index in [1.54, 1.807) is 7.11 Å². The lowest BCUT2D eigenvalue weighted by Gasteiger charge is -2.21. The van der Waals surface area contributed by atoms with Gasteiger partial charge in [-0.15, -0.1) is 0 Å². The maximum Gasteiger partial charge on any atom is 0.130 e. The van der Waals surface area contributed by atoms with Crippen molar-refractivity contribution in [3.8, 4) is 5.75 Å². The highest BCUT2D eigenvalue weighted by Crippen LogP contribution is 2.29. The summed E-state index contributed by atoms with van der Waals surface area (Å²) in [5.41, 5.74) is 2.31.